The highest BCUT2D eigenvalue weighted by Crippen LogP contribution is 2.35. The van der Waals surface area contributed by atoms with E-state index >= 15 is 0 Å². The van der Waals surface area contributed by atoms with Gasteiger partial charge in [0.25, 0.3) is 5.91 Å². The Morgan fingerprint density at radius 3 is 2.35 bits per heavy atom. The summed E-state index contributed by atoms with van der Waals surface area (Å²) in [4.78, 5) is 42.3. The number of Topliss-reactive ketones (excluding diaryl/α,β-unsaturated/α-hetero) is 1. The minimum Gasteiger partial charge on any atom is -0.397 e. The minimum absolute atomic E-state index is 0.0293. The summed E-state index contributed by atoms with van der Waals surface area (Å²) in [7, 11) is 0. The third kappa shape index (κ3) is 4.59. The van der Waals surface area contributed by atoms with Crippen LogP contribution in [0.25, 0.3) is 0 Å². The van der Waals surface area contributed by atoms with Gasteiger partial charge in [-0.2, -0.15) is 0 Å². The van der Waals surface area contributed by atoms with Gasteiger partial charge in [-0.3, -0.25) is 19.4 Å². The summed E-state index contributed by atoms with van der Waals surface area (Å²) in [5, 5.41) is 5.66. The summed E-state index contributed by atoms with van der Waals surface area (Å²) in [6.45, 7) is 5.48. The van der Waals surface area contributed by atoms with E-state index in [9.17, 15) is 14.4 Å². The number of hydrogen-bond donors (Lipinski definition) is 3. The van der Waals surface area contributed by atoms with Crippen LogP contribution in [-0.2, 0) is 4.79 Å². The number of anilines is 3. The van der Waals surface area contributed by atoms with Crippen molar-refractivity contribution in [2.24, 2.45) is 10.9 Å². The average molecular weight is 455 g/mol. The van der Waals surface area contributed by atoms with Crippen LogP contribution in [0.4, 0.5) is 22.7 Å². The smallest absolute Gasteiger partial charge is 0.255 e. The zero-order valence-electron chi connectivity index (χ0n) is 19.3. The van der Waals surface area contributed by atoms with Crippen LogP contribution in [0.15, 0.2) is 71.7 Å². The first-order valence-corrected chi connectivity index (χ1v) is 11.0. The third-order valence-corrected chi connectivity index (χ3v) is 5.75. The highest BCUT2D eigenvalue weighted by atomic mass is 16.2. The van der Waals surface area contributed by atoms with Crippen molar-refractivity contribution in [3.63, 3.8) is 0 Å². The molecule has 0 saturated carbocycles. The van der Waals surface area contributed by atoms with Crippen LogP contribution in [-0.4, -0.2) is 23.3 Å². The van der Waals surface area contributed by atoms with Gasteiger partial charge >= 0.3 is 0 Å². The number of para-hydroxylation sites is 2. The Labute approximate surface area is 198 Å². The highest BCUT2D eigenvalue weighted by Gasteiger charge is 2.33. The van der Waals surface area contributed by atoms with Gasteiger partial charge in [-0.15, -0.1) is 0 Å². The molecule has 4 N–H and O–H groups in total. The summed E-state index contributed by atoms with van der Waals surface area (Å²) >= 11 is 0. The lowest BCUT2D eigenvalue weighted by molar-refractivity contribution is -0.115. The zero-order valence-corrected chi connectivity index (χ0v) is 19.3. The number of nitrogens with one attached hydrogen (secondary N) is 2. The summed E-state index contributed by atoms with van der Waals surface area (Å²) in [6.07, 6.45) is 0. The number of nitrogen functional groups attached to an aromatic ring is 1. The SMILES string of the molecule is CC(=Nc1ccc(C(=O)Nc2ccccc2N)cc1)C1C(=O)Nc2ccc(C(=O)C(C)C)cc21. The van der Waals surface area contributed by atoms with Crippen molar-refractivity contribution < 1.29 is 14.4 Å². The molecule has 7 nitrogen and oxygen atoms in total. The van der Waals surface area contributed by atoms with Gasteiger partial charge in [-0.1, -0.05) is 26.0 Å². The molecule has 172 valence electrons. The van der Waals surface area contributed by atoms with Gasteiger partial charge in [0.2, 0.25) is 5.91 Å². The number of benzene rings is 3. The molecule has 4 rings (SSSR count). The molecular weight excluding hydrogens is 428 g/mol. The number of carbonyl (C=O) groups is 3. The Bertz CT molecular complexity index is 1310. The van der Waals surface area contributed by atoms with Gasteiger partial charge < -0.3 is 16.4 Å². The number of rotatable bonds is 6. The van der Waals surface area contributed by atoms with E-state index in [1.165, 1.54) is 0 Å². The lowest BCUT2D eigenvalue weighted by Gasteiger charge is -2.11. The van der Waals surface area contributed by atoms with E-state index in [4.69, 9.17) is 5.73 Å². The van der Waals surface area contributed by atoms with E-state index in [2.05, 4.69) is 15.6 Å². The second-order valence-corrected chi connectivity index (χ2v) is 8.58. The molecule has 1 heterocycles. The van der Waals surface area contributed by atoms with E-state index in [0.717, 1.165) is 5.56 Å². The van der Waals surface area contributed by atoms with Crippen molar-refractivity contribution in [2.45, 2.75) is 26.7 Å². The molecule has 1 aliphatic heterocycles. The maximum Gasteiger partial charge on any atom is 0.255 e. The molecule has 7 heteroatoms. The molecule has 0 bridgehead atoms. The lowest BCUT2D eigenvalue weighted by atomic mass is 9.92. The molecule has 1 unspecified atom stereocenters. The normalized spacial score (nSPS) is 15.1. The van der Waals surface area contributed by atoms with Gasteiger partial charge in [0.05, 0.1) is 17.1 Å². The maximum atomic E-state index is 12.7. The van der Waals surface area contributed by atoms with Gasteiger partial charge in [0, 0.05) is 28.4 Å². The average Bonchev–Trinajstić information content (AvgIpc) is 3.15. The van der Waals surface area contributed by atoms with Crippen molar-refractivity contribution in [3.05, 3.63) is 83.4 Å². The molecule has 3 aromatic rings. The number of amides is 2. The van der Waals surface area contributed by atoms with Crippen LogP contribution in [0.2, 0.25) is 0 Å². The van der Waals surface area contributed by atoms with Crippen molar-refractivity contribution in [2.75, 3.05) is 16.4 Å². The number of hydrogen-bond acceptors (Lipinski definition) is 5. The maximum absolute atomic E-state index is 12.7. The molecule has 0 aliphatic carbocycles. The molecule has 0 saturated heterocycles. The monoisotopic (exact) mass is 454 g/mol. The number of nitrogens with zero attached hydrogens (tertiary/aromatic N) is 1. The van der Waals surface area contributed by atoms with Gasteiger partial charge in [0.1, 0.15) is 5.92 Å². The Morgan fingerprint density at radius 2 is 1.68 bits per heavy atom. The molecule has 0 radical (unpaired) electrons. The topological polar surface area (TPSA) is 114 Å². The predicted molar refractivity (Wildman–Crippen MR) is 135 cm³/mol. The van der Waals surface area contributed by atoms with Crippen LogP contribution >= 0.6 is 0 Å². The molecule has 0 spiro atoms. The molecule has 0 fully saturated rings. The fourth-order valence-electron chi connectivity index (χ4n) is 3.92. The Balaban J connectivity index is 1.54. The minimum atomic E-state index is -0.584. The van der Waals surface area contributed by atoms with E-state index in [1.54, 1.807) is 73.7 Å². The first-order valence-electron chi connectivity index (χ1n) is 11.0. The fourth-order valence-corrected chi connectivity index (χ4v) is 3.92. The molecule has 1 atom stereocenters. The van der Waals surface area contributed by atoms with Crippen molar-refractivity contribution in [3.8, 4) is 0 Å². The number of ketones is 1. The second kappa shape index (κ2) is 9.31. The molecule has 1 aliphatic rings. The predicted octanol–water partition coefficient (Wildman–Crippen LogP) is 5.19. The Kier molecular flexibility index (Phi) is 6.27. The molecule has 3 aromatic carbocycles. The van der Waals surface area contributed by atoms with Crippen molar-refractivity contribution >= 4 is 46.1 Å². The number of fused-ring (bicyclic) bond motifs is 1. The van der Waals surface area contributed by atoms with E-state index in [0.29, 0.717) is 39.6 Å². The van der Waals surface area contributed by atoms with Crippen LogP contribution in [0.5, 0.6) is 0 Å². The van der Waals surface area contributed by atoms with Gasteiger partial charge in [-0.05, 0) is 67.1 Å². The summed E-state index contributed by atoms with van der Waals surface area (Å²) in [5.41, 5.74) is 10.6. The lowest BCUT2D eigenvalue weighted by Crippen LogP contribution is -2.19. The number of carbonyl (C=O) groups excluding carboxylic acids is 3. The molecule has 0 aromatic heterocycles. The first kappa shape index (κ1) is 22.9. The number of nitrogens with two attached hydrogens (primary N) is 1. The van der Waals surface area contributed by atoms with Crippen molar-refractivity contribution in [1.29, 1.82) is 0 Å². The summed E-state index contributed by atoms with van der Waals surface area (Å²) in [5.74, 6) is -1.15. The summed E-state index contributed by atoms with van der Waals surface area (Å²) in [6, 6.07) is 19.1. The van der Waals surface area contributed by atoms with Gasteiger partial charge in [-0.25, -0.2) is 0 Å². The van der Waals surface area contributed by atoms with Crippen molar-refractivity contribution in [1.82, 2.24) is 0 Å². The largest absolute Gasteiger partial charge is 0.397 e. The molecule has 34 heavy (non-hydrogen) atoms. The number of aliphatic imine (C=N–C) groups is 1. The highest BCUT2D eigenvalue weighted by molar-refractivity contribution is 6.18. The van der Waals surface area contributed by atoms with Crippen LogP contribution in [0.1, 0.15) is 53.0 Å². The molecular formula is C27H26N4O3. The van der Waals surface area contributed by atoms with E-state index in [-0.39, 0.29) is 23.5 Å². The Hall–Kier alpha value is -4.26. The summed E-state index contributed by atoms with van der Waals surface area (Å²) < 4.78 is 0. The zero-order chi connectivity index (χ0) is 24.4. The van der Waals surface area contributed by atoms with Crippen LogP contribution < -0.4 is 16.4 Å². The Morgan fingerprint density at radius 1 is 1.00 bits per heavy atom. The van der Waals surface area contributed by atoms with E-state index in [1.807, 2.05) is 13.8 Å². The third-order valence-electron chi connectivity index (χ3n) is 5.75. The second-order valence-electron chi connectivity index (χ2n) is 8.58. The van der Waals surface area contributed by atoms with E-state index < -0.39 is 5.92 Å². The quantitative estimate of drug-likeness (QED) is 0.270. The van der Waals surface area contributed by atoms with Crippen LogP contribution in [0.3, 0.4) is 0 Å². The molecule has 2 amide bonds. The fraction of sp³-hybridized carbons (Fsp3) is 0.185. The first-order chi connectivity index (χ1) is 16.2. The standard InChI is InChI=1S/C27H26N4O3/c1-15(2)25(32)18-10-13-22-20(14-18)24(27(34)30-22)16(3)29-19-11-8-17(9-12-19)26(33)31-23-7-5-4-6-21(23)28/h4-15,24H,28H2,1-3H3,(H,30,34)(H,31,33). The van der Waals surface area contributed by atoms with Gasteiger partial charge in [0.15, 0.2) is 5.78 Å². The van der Waals surface area contributed by atoms with Crippen LogP contribution in [0, 0.1) is 5.92 Å².